The quantitative estimate of drug-likeness (QED) is 0.0643. The third-order valence-electron chi connectivity index (χ3n) is 8.63. The summed E-state index contributed by atoms with van der Waals surface area (Å²) in [6, 6.07) is 6.94. The summed E-state index contributed by atoms with van der Waals surface area (Å²) >= 11 is 0. The van der Waals surface area contributed by atoms with Gasteiger partial charge < -0.3 is 14.2 Å². The van der Waals surface area contributed by atoms with Gasteiger partial charge in [-0.3, -0.25) is 4.79 Å². The highest BCUT2D eigenvalue weighted by molar-refractivity contribution is 5.82. The van der Waals surface area contributed by atoms with Crippen LogP contribution < -0.4 is 0 Å². The van der Waals surface area contributed by atoms with E-state index in [-0.39, 0.29) is 5.56 Å². The molecule has 0 aliphatic heterocycles. The van der Waals surface area contributed by atoms with Crippen LogP contribution in [0.4, 0.5) is 13.2 Å². The maximum absolute atomic E-state index is 14.0. The zero-order valence-electron chi connectivity index (χ0n) is 28.4. The Balaban J connectivity index is 1.96. The molecule has 0 heterocycles. The van der Waals surface area contributed by atoms with E-state index in [4.69, 9.17) is 14.2 Å². The third-order valence-corrected chi connectivity index (χ3v) is 8.63. The highest BCUT2D eigenvalue weighted by Gasteiger charge is 2.64. The van der Waals surface area contributed by atoms with E-state index < -0.39 is 23.9 Å². The summed E-state index contributed by atoms with van der Waals surface area (Å²) in [5, 5.41) is 0. The smallest absolute Gasteiger partial charge is 0.432 e. The number of ether oxygens (including phenoxy) is 3. The van der Waals surface area contributed by atoms with Crippen molar-refractivity contribution in [2.45, 2.75) is 166 Å². The largest absolute Gasteiger partial charge is 0.460 e. The van der Waals surface area contributed by atoms with Gasteiger partial charge in [-0.1, -0.05) is 139 Å². The lowest BCUT2D eigenvalue weighted by molar-refractivity contribution is -0.278. The van der Waals surface area contributed by atoms with Crippen molar-refractivity contribution in [3.63, 3.8) is 0 Å². The van der Waals surface area contributed by atoms with Gasteiger partial charge in [0.1, 0.15) is 5.78 Å². The lowest BCUT2D eigenvalue weighted by Gasteiger charge is -2.33. The number of carbonyl (C=O) groups excluding carboxylic acids is 2. The van der Waals surface area contributed by atoms with Crippen molar-refractivity contribution < 1.29 is 37.0 Å². The minimum atomic E-state index is -4.95. The molecule has 0 N–H and O–H groups in total. The molecule has 0 spiro atoms. The maximum atomic E-state index is 14.0. The summed E-state index contributed by atoms with van der Waals surface area (Å²) in [6.45, 7) is 2.18. The van der Waals surface area contributed by atoms with Crippen molar-refractivity contribution in [2.75, 3.05) is 20.8 Å². The fourth-order valence-corrected chi connectivity index (χ4v) is 5.81. The normalized spacial score (nSPS) is 13.8. The lowest BCUT2D eigenvalue weighted by Crippen LogP contribution is -2.52. The first-order valence-corrected chi connectivity index (χ1v) is 17.6. The van der Waals surface area contributed by atoms with Crippen LogP contribution in [0.25, 0.3) is 0 Å². The molecule has 5 nitrogen and oxygen atoms in total. The number of methoxy groups -OCH3 is 2. The van der Waals surface area contributed by atoms with Gasteiger partial charge in [0.05, 0.1) is 12.7 Å². The zero-order valence-corrected chi connectivity index (χ0v) is 28.4. The second-order valence-corrected chi connectivity index (χ2v) is 12.5. The summed E-state index contributed by atoms with van der Waals surface area (Å²) in [4.78, 5) is 24.3. The molecule has 1 rings (SSSR count). The van der Waals surface area contributed by atoms with Crippen LogP contribution in [0, 0.1) is 0 Å². The van der Waals surface area contributed by atoms with Crippen LogP contribution in [0.2, 0.25) is 0 Å². The third kappa shape index (κ3) is 17.5. The number of hydrogen-bond donors (Lipinski definition) is 0. The van der Waals surface area contributed by atoms with Crippen molar-refractivity contribution in [2.24, 2.45) is 0 Å². The van der Waals surface area contributed by atoms with Crippen LogP contribution in [0.1, 0.15) is 154 Å². The van der Waals surface area contributed by atoms with Crippen LogP contribution in [-0.4, -0.2) is 44.9 Å². The van der Waals surface area contributed by atoms with E-state index >= 15 is 0 Å². The Labute approximate surface area is 271 Å². The maximum Gasteiger partial charge on any atom is 0.432 e. The molecule has 0 saturated carbocycles. The molecule has 1 aromatic carbocycles. The molecule has 45 heavy (non-hydrogen) atoms. The fourth-order valence-electron chi connectivity index (χ4n) is 5.81. The topological polar surface area (TPSA) is 61.8 Å². The number of unbranched alkanes of at least 4 members (excludes halogenated alkanes) is 18. The molecule has 0 fully saturated rings. The molecule has 0 bridgehead atoms. The Hall–Kier alpha value is -1.93. The van der Waals surface area contributed by atoms with E-state index in [1.807, 2.05) is 0 Å². The first-order valence-electron chi connectivity index (χ1n) is 17.6. The lowest BCUT2D eigenvalue weighted by atomic mass is 9.92. The molecular weight excluding hydrogens is 581 g/mol. The monoisotopic (exact) mass is 642 g/mol. The van der Waals surface area contributed by atoms with Crippen LogP contribution in [0.5, 0.6) is 0 Å². The van der Waals surface area contributed by atoms with Gasteiger partial charge in [0, 0.05) is 32.6 Å². The number of hydrogen-bond acceptors (Lipinski definition) is 5. The van der Waals surface area contributed by atoms with Gasteiger partial charge in [0.25, 0.3) is 5.60 Å². The molecule has 0 aliphatic carbocycles. The van der Waals surface area contributed by atoms with Gasteiger partial charge in [-0.05, 0) is 26.2 Å². The van der Waals surface area contributed by atoms with Crippen molar-refractivity contribution >= 4 is 11.8 Å². The molecule has 0 amide bonds. The number of alkyl halides is 3. The highest BCUT2D eigenvalue weighted by Crippen LogP contribution is 2.43. The molecule has 0 aliphatic rings. The Morgan fingerprint density at radius 2 is 1.07 bits per heavy atom. The van der Waals surface area contributed by atoms with Crippen molar-refractivity contribution in [1.29, 1.82) is 0 Å². The van der Waals surface area contributed by atoms with Crippen molar-refractivity contribution in [3.8, 4) is 0 Å². The second kappa shape index (κ2) is 25.2. The first kappa shape index (κ1) is 41.1. The highest BCUT2D eigenvalue weighted by atomic mass is 19.4. The van der Waals surface area contributed by atoms with E-state index in [2.05, 4.69) is 0 Å². The summed E-state index contributed by atoms with van der Waals surface area (Å²) in [7, 11) is 2.52. The van der Waals surface area contributed by atoms with Gasteiger partial charge in [0.15, 0.2) is 0 Å². The Bertz CT molecular complexity index is 877. The molecular formula is C37H61F3O5. The van der Waals surface area contributed by atoms with Crippen LogP contribution >= 0.6 is 0 Å². The van der Waals surface area contributed by atoms with Crippen LogP contribution in [-0.2, 0) is 29.4 Å². The van der Waals surface area contributed by atoms with Crippen LogP contribution in [0.15, 0.2) is 30.3 Å². The standard InChI is InChI=1S/C37H61F3O5/c1-32(45-35(42)36(44-3,37(38,39)40)33-27-23-21-24-28-33)26-22-19-17-15-13-11-9-7-5-4-6-8-10-12-14-16-18-20-25-29-34(41)30-31-43-2/h21,23-24,27-28,32H,4-20,22,25-26,29-31H2,1-3H3/t32-,36+/m1/s1. The minimum Gasteiger partial charge on any atom is -0.460 e. The van der Waals surface area contributed by atoms with Crippen molar-refractivity contribution in [1.82, 2.24) is 0 Å². The second-order valence-electron chi connectivity index (χ2n) is 12.5. The number of esters is 1. The minimum absolute atomic E-state index is 0.285. The van der Waals surface area contributed by atoms with Gasteiger partial charge in [0.2, 0.25) is 0 Å². The average molecular weight is 643 g/mol. The molecule has 0 saturated heterocycles. The van der Waals surface area contributed by atoms with E-state index in [0.29, 0.717) is 31.7 Å². The summed E-state index contributed by atoms with van der Waals surface area (Å²) in [6.07, 6.45) is 19.4. The predicted octanol–water partition coefficient (Wildman–Crippen LogP) is 10.8. The van der Waals surface area contributed by atoms with Gasteiger partial charge in [-0.2, -0.15) is 13.2 Å². The Morgan fingerprint density at radius 1 is 0.644 bits per heavy atom. The molecule has 8 heteroatoms. The molecule has 0 aromatic heterocycles. The SMILES string of the molecule is COCCC(=O)CCCCCCCCCCCCCCCCCCCCC[C@@H](C)OC(=O)[C@@](OC)(c1ccccc1)C(F)(F)F. The zero-order chi connectivity index (χ0) is 33.2. The number of halogens is 3. The van der Waals surface area contributed by atoms with Gasteiger partial charge in [-0.25, -0.2) is 4.79 Å². The number of benzene rings is 1. The van der Waals surface area contributed by atoms with E-state index in [9.17, 15) is 22.8 Å². The number of rotatable bonds is 29. The Morgan fingerprint density at radius 3 is 1.47 bits per heavy atom. The number of Topliss-reactive ketones (excluding diaryl/α,β-unsaturated/α-hetero) is 1. The van der Waals surface area contributed by atoms with E-state index in [1.165, 1.54) is 114 Å². The molecule has 2 atom stereocenters. The summed E-state index contributed by atoms with van der Waals surface area (Å²) in [5.74, 6) is -1.09. The number of carbonyl (C=O) groups is 2. The van der Waals surface area contributed by atoms with Crippen molar-refractivity contribution in [3.05, 3.63) is 35.9 Å². The van der Waals surface area contributed by atoms with Gasteiger partial charge in [-0.15, -0.1) is 0 Å². The average Bonchev–Trinajstić information content (AvgIpc) is 3.01. The Kier molecular flexibility index (Phi) is 23.0. The predicted molar refractivity (Wildman–Crippen MR) is 175 cm³/mol. The molecule has 260 valence electrons. The van der Waals surface area contributed by atoms with Gasteiger partial charge >= 0.3 is 12.1 Å². The molecule has 0 radical (unpaired) electrons. The fraction of sp³-hybridized carbons (Fsp3) is 0.784. The van der Waals surface area contributed by atoms with Crippen LogP contribution in [0.3, 0.4) is 0 Å². The summed E-state index contributed by atoms with van der Waals surface area (Å²) < 4.78 is 57.0. The first-order chi connectivity index (χ1) is 21.7. The molecule has 0 unspecified atom stereocenters. The van der Waals surface area contributed by atoms with E-state index in [1.54, 1.807) is 20.1 Å². The summed E-state index contributed by atoms with van der Waals surface area (Å²) in [5.41, 5.74) is -3.41. The molecule has 1 aromatic rings. The van der Waals surface area contributed by atoms with E-state index in [0.717, 1.165) is 39.2 Å². The number of ketones is 1.